The molecule has 2 aromatic rings. The van der Waals surface area contributed by atoms with Gasteiger partial charge in [-0.1, -0.05) is 18.1 Å². The minimum Gasteiger partial charge on any atom is -0.350 e. The van der Waals surface area contributed by atoms with E-state index < -0.39 is 17.8 Å². The Hall–Kier alpha value is -3.14. The normalized spacial score (nSPS) is 10.7. The summed E-state index contributed by atoms with van der Waals surface area (Å²) in [7, 11) is 0. The first-order chi connectivity index (χ1) is 10.8. The number of amides is 2. The maximum absolute atomic E-state index is 12.8. The molecule has 0 saturated carbocycles. The lowest BCUT2D eigenvalue weighted by Gasteiger charge is -2.23. The summed E-state index contributed by atoms with van der Waals surface area (Å²) in [4.78, 5) is 11.6. The van der Waals surface area contributed by atoms with Crippen molar-refractivity contribution in [2.45, 2.75) is 6.18 Å². The molecule has 0 fully saturated rings. The molecule has 0 bridgehead atoms. The van der Waals surface area contributed by atoms with Crippen LogP contribution in [0.2, 0.25) is 0 Å². The van der Waals surface area contributed by atoms with Crippen molar-refractivity contribution in [2.75, 3.05) is 10.4 Å². The molecule has 0 aliphatic heterocycles. The number of nitrogens with two attached hydrogens (primary N) is 1. The summed E-state index contributed by atoms with van der Waals surface area (Å²) in [6.45, 7) is 0. The zero-order chi connectivity index (χ0) is 17.0. The molecule has 0 aromatic heterocycles. The molecule has 2 rings (SSSR count). The van der Waals surface area contributed by atoms with Crippen LogP contribution in [0, 0.1) is 12.3 Å². The van der Waals surface area contributed by atoms with Gasteiger partial charge in [0.05, 0.1) is 16.9 Å². The first-order valence-corrected chi connectivity index (χ1v) is 6.41. The van der Waals surface area contributed by atoms with Crippen LogP contribution in [0.5, 0.6) is 0 Å². The molecule has 0 saturated heterocycles. The monoisotopic (exact) mass is 319 g/mol. The van der Waals surface area contributed by atoms with E-state index in [-0.39, 0.29) is 5.69 Å². The average Bonchev–Trinajstić information content (AvgIpc) is 2.52. The number of urea groups is 1. The van der Waals surface area contributed by atoms with Crippen LogP contribution >= 0.6 is 0 Å². The number of hydrazine groups is 1. The third-order valence-corrected chi connectivity index (χ3v) is 2.92. The third-order valence-electron chi connectivity index (χ3n) is 2.92. The highest BCUT2D eigenvalue weighted by molar-refractivity contribution is 5.92. The number of hydrogen-bond acceptors (Lipinski definition) is 2. The van der Waals surface area contributed by atoms with Crippen molar-refractivity contribution in [1.29, 1.82) is 0 Å². The molecular weight excluding hydrogens is 307 g/mol. The molecule has 2 amide bonds. The highest BCUT2D eigenvalue weighted by Crippen LogP contribution is 2.31. The van der Waals surface area contributed by atoms with Gasteiger partial charge in [-0.2, -0.15) is 13.2 Å². The summed E-state index contributed by atoms with van der Waals surface area (Å²) in [6, 6.07) is 9.76. The lowest BCUT2D eigenvalue weighted by molar-refractivity contribution is -0.137. The number of carbonyl (C=O) groups is 1. The maximum atomic E-state index is 12.8. The van der Waals surface area contributed by atoms with E-state index in [2.05, 4.69) is 11.3 Å². The van der Waals surface area contributed by atoms with Gasteiger partial charge in [0, 0.05) is 5.56 Å². The number of alkyl halides is 3. The van der Waals surface area contributed by atoms with E-state index in [1.165, 1.54) is 12.1 Å². The lowest BCUT2D eigenvalue weighted by atomic mass is 10.2. The second kappa shape index (κ2) is 6.32. The van der Waals surface area contributed by atoms with Gasteiger partial charge in [-0.25, -0.2) is 9.80 Å². The van der Waals surface area contributed by atoms with E-state index in [9.17, 15) is 18.0 Å². The van der Waals surface area contributed by atoms with Gasteiger partial charge in [0.1, 0.15) is 0 Å². The molecule has 0 atom stereocenters. The summed E-state index contributed by atoms with van der Waals surface area (Å²) in [5.41, 5.74) is 7.92. The molecule has 7 heteroatoms. The topological polar surface area (TPSA) is 58.4 Å². The Kier molecular flexibility index (Phi) is 4.46. The van der Waals surface area contributed by atoms with E-state index >= 15 is 0 Å². The minimum absolute atomic E-state index is 0.0431. The number of nitrogens with zero attached hydrogens (tertiary/aromatic N) is 1. The zero-order valence-corrected chi connectivity index (χ0v) is 11.8. The Bertz CT molecular complexity index is 766. The number of hydrogen-bond donors (Lipinski definition) is 2. The fraction of sp³-hybridized carbons (Fsp3) is 0.0625. The standard InChI is InChI=1S/C16H12F3N3O/c1-2-11-5-3-7-13(9-11)21-22(15(20)23)14-8-4-6-12(10-14)16(17,18)19/h1,3-10,21H,(H2,20,23). The molecule has 0 spiro atoms. The molecular formula is C16H12F3N3O. The largest absolute Gasteiger partial charge is 0.416 e. The van der Waals surface area contributed by atoms with Crippen molar-refractivity contribution in [3.63, 3.8) is 0 Å². The second-order valence-electron chi connectivity index (χ2n) is 4.56. The highest BCUT2D eigenvalue weighted by atomic mass is 19.4. The Morgan fingerprint density at radius 3 is 2.48 bits per heavy atom. The average molecular weight is 319 g/mol. The van der Waals surface area contributed by atoms with Gasteiger partial charge < -0.3 is 5.73 Å². The van der Waals surface area contributed by atoms with Crippen LogP contribution in [-0.4, -0.2) is 6.03 Å². The first-order valence-electron chi connectivity index (χ1n) is 6.41. The van der Waals surface area contributed by atoms with Gasteiger partial charge in [0.25, 0.3) is 0 Å². The van der Waals surface area contributed by atoms with E-state index in [0.29, 0.717) is 11.3 Å². The number of primary amides is 1. The lowest BCUT2D eigenvalue weighted by Crippen LogP contribution is -2.40. The van der Waals surface area contributed by atoms with Crippen LogP contribution in [-0.2, 0) is 6.18 Å². The number of nitrogens with one attached hydrogen (secondary N) is 1. The van der Waals surface area contributed by atoms with Crippen LogP contribution in [0.15, 0.2) is 48.5 Å². The van der Waals surface area contributed by atoms with Crippen LogP contribution in [0.25, 0.3) is 0 Å². The van der Waals surface area contributed by atoms with Gasteiger partial charge in [0.2, 0.25) is 0 Å². The van der Waals surface area contributed by atoms with Crippen LogP contribution in [0.3, 0.4) is 0 Å². The first kappa shape index (κ1) is 16.2. The molecule has 3 N–H and O–H groups in total. The van der Waals surface area contributed by atoms with Crippen molar-refractivity contribution < 1.29 is 18.0 Å². The fourth-order valence-electron chi connectivity index (χ4n) is 1.88. The van der Waals surface area contributed by atoms with Crippen LogP contribution < -0.4 is 16.2 Å². The summed E-state index contributed by atoms with van der Waals surface area (Å²) >= 11 is 0. The summed E-state index contributed by atoms with van der Waals surface area (Å²) in [5.74, 6) is 2.42. The Morgan fingerprint density at radius 1 is 1.17 bits per heavy atom. The van der Waals surface area contributed by atoms with E-state index in [1.807, 2.05) is 0 Å². The van der Waals surface area contributed by atoms with Gasteiger partial charge in [-0.05, 0) is 36.4 Å². The Labute approximate surface area is 130 Å². The zero-order valence-electron chi connectivity index (χ0n) is 11.8. The quantitative estimate of drug-likeness (QED) is 0.671. The van der Waals surface area contributed by atoms with E-state index in [0.717, 1.165) is 17.1 Å². The predicted molar refractivity (Wildman–Crippen MR) is 81.5 cm³/mol. The molecule has 0 aliphatic rings. The summed E-state index contributed by atoms with van der Waals surface area (Å²) < 4.78 is 38.3. The summed E-state index contributed by atoms with van der Waals surface area (Å²) in [6.07, 6.45) is 0.755. The van der Waals surface area contributed by atoms with E-state index in [1.54, 1.807) is 24.3 Å². The maximum Gasteiger partial charge on any atom is 0.416 e. The fourth-order valence-corrected chi connectivity index (χ4v) is 1.88. The Balaban J connectivity index is 2.36. The number of halogens is 3. The van der Waals surface area contributed by atoms with Crippen molar-refractivity contribution in [2.24, 2.45) is 5.73 Å². The molecule has 4 nitrogen and oxygen atoms in total. The van der Waals surface area contributed by atoms with Gasteiger partial charge in [0.15, 0.2) is 0 Å². The number of carbonyl (C=O) groups excluding carboxylic acids is 1. The van der Waals surface area contributed by atoms with E-state index in [4.69, 9.17) is 12.2 Å². The smallest absolute Gasteiger partial charge is 0.350 e. The van der Waals surface area contributed by atoms with Gasteiger partial charge in [-0.3, -0.25) is 5.43 Å². The van der Waals surface area contributed by atoms with Crippen molar-refractivity contribution in [3.8, 4) is 12.3 Å². The summed E-state index contributed by atoms with van der Waals surface area (Å²) in [5, 5.41) is 0.810. The number of rotatable bonds is 3. The number of terminal acetylenes is 1. The molecule has 0 aliphatic carbocycles. The van der Waals surface area contributed by atoms with Crippen molar-refractivity contribution >= 4 is 17.4 Å². The molecule has 118 valence electrons. The second-order valence-corrected chi connectivity index (χ2v) is 4.56. The van der Waals surface area contributed by atoms with Gasteiger partial charge >= 0.3 is 12.2 Å². The van der Waals surface area contributed by atoms with Gasteiger partial charge in [-0.15, -0.1) is 6.42 Å². The van der Waals surface area contributed by atoms with Crippen LogP contribution in [0.1, 0.15) is 11.1 Å². The van der Waals surface area contributed by atoms with Crippen molar-refractivity contribution in [3.05, 3.63) is 59.7 Å². The number of anilines is 2. The molecule has 2 aromatic carbocycles. The van der Waals surface area contributed by atoms with Crippen LogP contribution in [0.4, 0.5) is 29.3 Å². The number of benzene rings is 2. The minimum atomic E-state index is -4.53. The highest BCUT2D eigenvalue weighted by Gasteiger charge is 2.31. The predicted octanol–water partition coefficient (Wildman–Crippen LogP) is 3.60. The molecule has 23 heavy (non-hydrogen) atoms. The Morgan fingerprint density at radius 2 is 1.87 bits per heavy atom. The van der Waals surface area contributed by atoms with Crippen molar-refractivity contribution in [1.82, 2.24) is 0 Å². The SMILES string of the molecule is C#Cc1cccc(NN(C(N)=O)c2cccc(C(F)(F)F)c2)c1. The molecule has 0 heterocycles. The molecule has 0 unspecified atom stereocenters. The molecule has 0 radical (unpaired) electrons. The third kappa shape index (κ3) is 3.95.